The highest BCUT2D eigenvalue weighted by atomic mass is 32.1. The highest BCUT2D eigenvalue weighted by Crippen LogP contribution is 2.33. The van der Waals surface area contributed by atoms with Crippen molar-refractivity contribution in [1.29, 1.82) is 0 Å². The number of rotatable bonds is 4. The molecule has 1 atom stereocenters. The Labute approximate surface area is 167 Å². The lowest BCUT2D eigenvalue weighted by Crippen LogP contribution is -2.40. The molecule has 0 unspecified atom stereocenters. The van der Waals surface area contributed by atoms with Crippen molar-refractivity contribution in [2.75, 3.05) is 26.3 Å². The maximum atomic E-state index is 13.7. The van der Waals surface area contributed by atoms with Crippen molar-refractivity contribution in [2.24, 2.45) is 5.92 Å². The number of nitrogens with zero attached hydrogens (tertiary/aromatic N) is 1. The van der Waals surface area contributed by atoms with Crippen molar-refractivity contribution in [3.63, 3.8) is 0 Å². The zero-order chi connectivity index (χ0) is 19.5. The molecule has 1 aliphatic heterocycles. The van der Waals surface area contributed by atoms with Gasteiger partial charge in [-0.1, -0.05) is 18.2 Å². The number of halogens is 1. The molecule has 1 aromatic heterocycles. The topological polar surface area (TPSA) is 58.6 Å². The molecule has 0 spiro atoms. The van der Waals surface area contributed by atoms with E-state index in [2.05, 4.69) is 5.32 Å². The SMILES string of the molecule is O=C(NCc1ccccc1F)[C@H]1CCc2sc(C(=O)N3CCOCC3)cc2C1. The molecule has 2 heterocycles. The Kier molecular flexibility index (Phi) is 5.73. The van der Waals surface area contributed by atoms with Gasteiger partial charge in [0, 0.05) is 36.0 Å². The normalized spacial score (nSPS) is 19.2. The molecule has 1 fully saturated rings. The minimum Gasteiger partial charge on any atom is -0.378 e. The highest BCUT2D eigenvalue weighted by Gasteiger charge is 2.29. The summed E-state index contributed by atoms with van der Waals surface area (Å²) in [5.74, 6) is -0.442. The van der Waals surface area contributed by atoms with Gasteiger partial charge in [-0.2, -0.15) is 0 Å². The first kappa shape index (κ1) is 19.1. The van der Waals surface area contributed by atoms with Gasteiger partial charge in [0.25, 0.3) is 5.91 Å². The summed E-state index contributed by atoms with van der Waals surface area (Å²) in [6.45, 7) is 2.62. The molecule has 2 aliphatic rings. The first-order valence-electron chi connectivity index (χ1n) is 9.61. The Hall–Kier alpha value is -2.25. The van der Waals surface area contributed by atoms with Gasteiger partial charge in [-0.25, -0.2) is 4.39 Å². The monoisotopic (exact) mass is 402 g/mol. The summed E-state index contributed by atoms with van der Waals surface area (Å²) in [6, 6.07) is 8.42. The van der Waals surface area contributed by atoms with Crippen LogP contribution in [-0.2, 0) is 28.9 Å². The van der Waals surface area contributed by atoms with Crippen LogP contribution < -0.4 is 5.32 Å². The second kappa shape index (κ2) is 8.41. The minimum atomic E-state index is -0.308. The van der Waals surface area contributed by atoms with Gasteiger partial charge in [0.1, 0.15) is 5.82 Å². The smallest absolute Gasteiger partial charge is 0.264 e. The van der Waals surface area contributed by atoms with Crippen LogP contribution in [0.2, 0.25) is 0 Å². The van der Waals surface area contributed by atoms with Gasteiger partial charge >= 0.3 is 0 Å². The lowest BCUT2D eigenvalue weighted by Gasteiger charge is -2.26. The van der Waals surface area contributed by atoms with Crippen LogP contribution in [0.4, 0.5) is 4.39 Å². The third-order valence-electron chi connectivity index (χ3n) is 5.37. The van der Waals surface area contributed by atoms with Gasteiger partial charge in [0.05, 0.1) is 18.1 Å². The van der Waals surface area contributed by atoms with Crippen LogP contribution in [0.3, 0.4) is 0 Å². The summed E-state index contributed by atoms with van der Waals surface area (Å²) in [5.41, 5.74) is 1.58. The number of ether oxygens (including phenoxy) is 1. The quantitative estimate of drug-likeness (QED) is 0.856. The van der Waals surface area contributed by atoms with Crippen LogP contribution >= 0.6 is 11.3 Å². The molecule has 1 aliphatic carbocycles. The van der Waals surface area contributed by atoms with Crippen LogP contribution in [0.25, 0.3) is 0 Å². The summed E-state index contributed by atoms with van der Waals surface area (Å²) in [5, 5.41) is 2.86. The fraction of sp³-hybridized carbons (Fsp3) is 0.429. The molecule has 0 saturated carbocycles. The maximum Gasteiger partial charge on any atom is 0.264 e. The summed E-state index contributed by atoms with van der Waals surface area (Å²) >= 11 is 1.55. The number of nitrogens with one attached hydrogen (secondary N) is 1. The molecule has 28 heavy (non-hydrogen) atoms. The van der Waals surface area contributed by atoms with E-state index in [1.54, 1.807) is 29.5 Å². The van der Waals surface area contributed by atoms with E-state index in [0.717, 1.165) is 23.3 Å². The Bertz CT molecular complexity index is 876. The van der Waals surface area contributed by atoms with Crippen molar-refractivity contribution in [2.45, 2.75) is 25.8 Å². The van der Waals surface area contributed by atoms with Gasteiger partial charge in [-0.05, 0) is 37.0 Å². The number of aryl methyl sites for hydroxylation is 1. The fourth-order valence-electron chi connectivity index (χ4n) is 3.74. The number of benzene rings is 1. The number of morpholine rings is 1. The van der Waals surface area contributed by atoms with Gasteiger partial charge < -0.3 is 15.0 Å². The van der Waals surface area contributed by atoms with E-state index < -0.39 is 0 Å². The molecule has 1 aromatic carbocycles. The molecule has 2 aromatic rings. The number of thiophene rings is 1. The van der Waals surface area contributed by atoms with E-state index in [1.165, 1.54) is 10.9 Å². The zero-order valence-corrected chi connectivity index (χ0v) is 16.4. The Morgan fingerprint density at radius 1 is 1.25 bits per heavy atom. The summed E-state index contributed by atoms with van der Waals surface area (Å²) in [6.07, 6.45) is 2.18. The average molecular weight is 402 g/mol. The fourth-order valence-corrected chi connectivity index (χ4v) is 4.92. The van der Waals surface area contributed by atoms with E-state index in [1.807, 2.05) is 11.0 Å². The molecule has 1 N–H and O–H groups in total. The molecule has 5 nitrogen and oxygen atoms in total. The van der Waals surface area contributed by atoms with E-state index in [9.17, 15) is 14.0 Å². The Morgan fingerprint density at radius 2 is 2.04 bits per heavy atom. The Morgan fingerprint density at radius 3 is 2.82 bits per heavy atom. The molecule has 148 valence electrons. The van der Waals surface area contributed by atoms with E-state index in [4.69, 9.17) is 4.74 Å². The maximum absolute atomic E-state index is 13.7. The van der Waals surface area contributed by atoms with Crippen LogP contribution in [0, 0.1) is 11.7 Å². The average Bonchev–Trinajstić information content (AvgIpc) is 3.16. The lowest BCUT2D eigenvalue weighted by atomic mass is 9.87. The molecule has 2 amide bonds. The number of carbonyl (C=O) groups excluding carboxylic acids is 2. The van der Waals surface area contributed by atoms with Gasteiger partial charge in [0.15, 0.2) is 0 Å². The van der Waals surface area contributed by atoms with Crippen molar-refractivity contribution < 1.29 is 18.7 Å². The molecule has 1 saturated heterocycles. The number of hydrogen-bond donors (Lipinski definition) is 1. The first-order chi connectivity index (χ1) is 13.6. The largest absolute Gasteiger partial charge is 0.378 e. The van der Waals surface area contributed by atoms with Gasteiger partial charge in [-0.3, -0.25) is 9.59 Å². The summed E-state index contributed by atoms with van der Waals surface area (Å²) in [7, 11) is 0. The molecule has 0 radical (unpaired) electrons. The zero-order valence-electron chi connectivity index (χ0n) is 15.6. The number of carbonyl (C=O) groups is 2. The molecule has 0 bridgehead atoms. The lowest BCUT2D eigenvalue weighted by molar-refractivity contribution is -0.125. The van der Waals surface area contributed by atoms with E-state index >= 15 is 0 Å². The second-order valence-electron chi connectivity index (χ2n) is 7.21. The van der Waals surface area contributed by atoms with Crippen LogP contribution in [-0.4, -0.2) is 43.0 Å². The number of amides is 2. The second-order valence-corrected chi connectivity index (χ2v) is 8.35. The predicted molar refractivity (Wildman–Crippen MR) is 105 cm³/mol. The first-order valence-corrected chi connectivity index (χ1v) is 10.4. The van der Waals surface area contributed by atoms with Crippen LogP contribution in [0.5, 0.6) is 0 Å². The molecule has 7 heteroatoms. The van der Waals surface area contributed by atoms with E-state index in [0.29, 0.717) is 38.3 Å². The van der Waals surface area contributed by atoms with Gasteiger partial charge in [0.2, 0.25) is 5.91 Å². The van der Waals surface area contributed by atoms with E-state index in [-0.39, 0.29) is 30.1 Å². The molecular weight excluding hydrogens is 379 g/mol. The van der Waals surface area contributed by atoms with Crippen molar-refractivity contribution in [3.8, 4) is 0 Å². The van der Waals surface area contributed by atoms with Crippen molar-refractivity contribution in [1.82, 2.24) is 10.2 Å². The van der Waals surface area contributed by atoms with Crippen LogP contribution in [0.15, 0.2) is 30.3 Å². The standard InChI is InChI=1S/C21H23FN2O3S/c22-17-4-2-1-3-15(17)13-23-20(25)14-5-6-18-16(11-14)12-19(28-18)21(26)24-7-9-27-10-8-24/h1-4,12,14H,5-11,13H2,(H,23,25)/t14-/m0/s1. The van der Waals surface area contributed by atoms with Crippen LogP contribution in [0.1, 0.15) is 32.1 Å². The third kappa shape index (κ3) is 4.10. The van der Waals surface area contributed by atoms with Gasteiger partial charge in [-0.15, -0.1) is 11.3 Å². The van der Waals surface area contributed by atoms with Crippen molar-refractivity contribution >= 4 is 23.2 Å². The Balaban J connectivity index is 1.37. The van der Waals surface area contributed by atoms with Crippen molar-refractivity contribution in [3.05, 3.63) is 57.0 Å². The third-order valence-corrected chi connectivity index (χ3v) is 6.60. The summed E-state index contributed by atoms with van der Waals surface area (Å²) in [4.78, 5) is 29.0. The number of hydrogen-bond acceptors (Lipinski definition) is 4. The highest BCUT2D eigenvalue weighted by molar-refractivity contribution is 7.14. The summed E-state index contributed by atoms with van der Waals surface area (Å²) < 4.78 is 19.0. The predicted octanol–water partition coefficient (Wildman–Crippen LogP) is 2.78. The molecular formula is C21H23FN2O3S. The molecule has 4 rings (SSSR count). The number of fused-ring (bicyclic) bond motifs is 1. The minimum absolute atomic E-state index is 0.0545.